The maximum absolute atomic E-state index is 12.9. The minimum absolute atomic E-state index is 0.0204. The fourth-order valence-electron chi connectivity index (χ4n) is 0.925. The Balaban J connectivity index is 2.85. The van der Waals surface area contributed by atoms with E-state index < -0.39 is 24.7 Å². The highest BCUT2D eigenvalue weighted by Gasteiger charge is 2.10. The summed E-state index contributed by atoms with van der Waals surface area (Å²) in [4.78, 5) is 0. The van der Waals surface area contributed by atoms with E-state index in [1.807, 2.05) is 0 Å². The normalized spacial score (nSPS) is 10.7. The Bertz CT molecular complexity index is 325. The monoisotopic (exact) mass is 208 g/mol. The van der Waals surface area contributed by atoms with Gasteiger partial charge in [-0.2, -0.15) is 0 Å². The average Bonchev–Trinajstić information content (AvgIpc) is 2.08. The van der Waals surface area contributed by atoms with Gasteiger partial charge in [-0.25, -0.2) is 17.6 Å². The standard InChI is InChI=1S/C9H8F4O/c1-5-7(11)2-6(10)3-8(5)14-4-9(12)13/h2-3,9H,4H2,1H3. The molecular formula is C9H8F4O. The zero-order valence-corrected chi connectivity index (χ0v) is 7.36. The quantitative estimate of drug-likeness (QED) is 0.694. The minimum atomic E-state index is -2.67. The maximum atomic E-state index is 12.9. The predicted molar refractivity (Wildman–Crippen MR) is 42.6 cm³/mol. The smallest absolute Gasteiger partial charge is 0.272 e. The lowest BCUT2D eigenvalue weighted by molar-refractivity contribution is 0.0812. The summed E-state index contributed by atoms with van der Waals surface area (Å²) < 4.78 is 53.5. The molecule has 14 heavy (non-hydrogen) atoms. The number of hydrogen-bond acceptors (Lipinski definition) is 1. The summed E-state index contributed by atoms with van der Waals surface area (Å²) in [6.45, 7) is 0.458. The molecular weight excluding hydrogens is 200 g/mol. The number of halogens is 4. The van der Waals surface area contributed by atoms with Crippen LogP contribution >= 0.6 is 0 Å². The van der Waals surface area contributed by atoms with Crippen molar-refractivity contribution in [2.75, 3.05) is 6.61 Å². The number of benzene rings is 1. The Morgan fingerprint density at radius 1 is 1.29 bits per heavy atom. The van der Waals surface area contributed by atoms with Crippen LogP contribution in [0.4, 0.5) is 17.6 Å². The molecule has 0 bridgehead atoms. The van der Waals surface area contributed by atoms with Gasteiger partial charge in [0.05, 0.1) is 0 Å². The van der Waals surface area contributed by atoms with Crippen molar-refractivity contribution in [3.63, 3.8) is 0 Å². The van der Waals surface area contributed by atoms with Crippen LogP contribution in [0.15, 0.2) is 12.1 Å². The molecule has 0 spiro atoms. The molecule has 0 radical (unpaired) electrons. The van der Waals surface area contributed by atoms with E-state index in [1.54, 1.807) is 0 Å². The van der Waals surface area contributed by atoms with Gasteiger partial charge in [-0.05, 0) is 6.92 Å². The number of ether oxygens (including phenoxy) is 1. The topological polar surface area (TPSA) is 9.23 Å². The molecule has 0 saturated heterocycles. The largest absolute Gasteiger partial charge is 0.487 e. The van der Waals surface area contributed by atoms with Crippen molar-refractivity contribution in [1.29, 1.82) is 0 Å². The Labute approximate surface area is 78.3 Å². The van der Waals surface area contributed by atoms with E-state index in [2.05, 4.69) is 4.74 Å². The van der Waals surface area contributed by atoms with Gasteiger partial charge in [0.25, 0.3) is 6.43 Å². The molecule has 0 aliphatic carbocycles. The molecule has 5 heteroatoms. The summed E-state index contributed by atoms with van der Waals surface area (Å²) in [5.74, 6) is -1.85. The zero-order valence-electron chi connectivity index (χ0n) is 7.36. The van der Waals surface area contributed by atoms with Crippen LogP contribution in [0.5, 0.6) is 5.75 Å². The lowest BCUT2D eigenvalue weighted by Crippen LogP contribution is -2.08. The molecule has 0 heterocycles. The number of hydrogen-bond donors (Lipinski definition) is 0. The Kier molecular flexibility index (Phi) is 3.33. The van der Waals surface area contributed by atoms with E-state index in [1.165, 1.54) is 6.92 Å². The van der Waals surface area contributed by atoms with Gasteiger partial charge in [-0.1, -0.05) is 0 Å². The molecule has 0 saturated carbocycles. The second-order valence-corrected chi connectivity index (χ2v) is 2.71. The molecule has 1 aromatic carbocycles. The van der Waals surface area contributed by atoms with Crippen LogP contribution in [-0.4, -0.2) is 13.0 Å². The second kappa shape index (κ2) is 4.30. The first kappa shape index (κ1) is 10.8. The summed E-state index contributed by atoms with van der Waals surface area (Å²) in [6, 6.07) is 1.55. The fourth-order valence-corrected chi connectivity index (χ4v) is 0.925. The lowest BCUT2D eigenvalue weighted by atomic mass is 10.2. The molecule has 0 unspecified atom stereocenters. The van der Waals surface area contributed by atoms with E-state index in [9.17, 15) is 17.6 Å². The molecule has 0 N–H and O–H groups in total. The maximum Gasteiger partial charge on any atom is 0.272 e. The highest BCUT2D eigenvalue weighted by Crippen LogP contribution is 2.22. The van der Waals surface area contributed by atoms with Gasteiger partial charge in [-0.15, -0.1) is 0 Å². The Morgan fingerprint density at radius 3 is 2.50 bits per heavy atom. The third-order valence-electron chi connectivity index (χ3n) is 1.63. The first-order valence-electron chi connectivity index (χ1n) is 3.87. The van der Waals surface area contributed by atoms with Gasteiger partial charge >= 0.3 is 0 Å². The van der Waals surface area contributed by atoms with E-state index in [0.717, 1.165) is 6.07 Å². The summed E-state index contributed by atoms with van der Waals surface area (Å²) in [7, 11) is 0. The highest BCUT2D eigenvalue weighted by atomic mass is 19.3. The number of rotatable bonds is 3. The predicted octanol–water partition coefficient (Wildman–Crippen LogP) is 2.92. The van der Waals surface area contributed by atoms with Gasteiger partial charge in [0.2, 0.25) is 0 Å². The van der Waals surface area contributed by atoms with E-state index in [0.29, 0.717) is 6.07 Å². The second-order valence-electron chi connectivity index (χ2n) is 2.71. The van der Waals surface area contributed by atoms with Gasteiger partial charge < -0.3 is 4.74 Å². The molecule has 1 rings (SSSR count). The third-order valence-corrected chi connectivity index (χ3v) is 1.63. The third kappa shape index (κ3) is 2.61. The fraction of sp³-hybridized carbons (Fsp3) is 0.333. The minimum Gasteiger partial charge on any atom is -0.487 e. The van der Waals surface area contributed by atoms with Crippen LogP contribution in [0.3, 0.4) is 0 Å². The van der Waals surface area contributed by atoms with Crippen molar-refractivity contribution >= 4 is 0 Å². The number of alkyl halides is 2. The van der Waals surface area contributed by atoms with Crippen molar-refractivity contribution in [2.45, 2.75) is 13.3 Å². The van der Waals surface area contributed by atoms with E-state index in [-0.39, 0.29) is 11.3 Å². The van der Waals surface area contributed by atoms with Gasteiger partial charge in [-0.3, -0.25) is 0 Å². The summed E-state index contributed by atoms with van der Waals surface area (Å²) in [6.07, 6.45) is -2.67. The Hall–Kier alpha value is -1.26. The molecule has 1 nitrogen and oxygen atoms in total. The van der Waals surface area contributed by atoms with Crippen LogP contribution in [0.2, 0.25) is 0 Å². The molecule has 0 amide bonds. The molecule has 0 fully saturated rings. The van der Waals surface area contributed by atoms with Crippen LogP contribution in [0, 0.1) is 18.6 Å². The SMILES string of the molecule is Cc1c(F)cc(F)cc1OCC(F)F. The first-order chi connectivity index (χ1) is 6.50. The summed E-state index contributed by atoms with van der Waals surface area (Å²) in [5.41, 5.74) is 0.0204. The molecule has 0 aromatic heterocycles. The van der Waals surface area contributed by atoms with Crippen molar-refractivity contribution in [1.82, 2.24) is 0 Å². The Morgan fingerprint density at radius 2 is 1.93 bits per heavy atom. The van der Waals surface area contributed by atoms with Crippen molar-refractivity contribution in [3.05, 3.63) is 29.3 Å². The molecule has 0 aliphatic heterocycles. The van der Waals surface area contributed by atoms with Crippen LogP contribution in [0.25, 0.3) is 0 Å². The van der Waals surface area contributed by atoms with Gasteiger partial charge in [0.1, 0.15) is 24.0 Å². The molecule has 1 aromatic rings. The molecule has 0 atom stereocenters. The van der Waals surface area contributed by atoms with Crippen molar-refractivity contribution < 1.29 is 22.3 Å². The summed E-state index contributed by atoms with van der Waals surface area (Å²) in [5, 5.41) is 0. The van der Waals surface area contributed by atoms with Crippen LogP contribution < -0.4 is 4.74 Å². The summed E-state index contributed by atoms with van der Waals surface area (Å²) >= 11 is 0. The first-order valence-corrected chi connectivity index (χ1v) is 3.87. The van der Waals surface area contributed by atoms with Gasteiger partial charge in [0.15, 0.2) is 0 Å². The van der Waals surface area contributed by atoms with E-state index >= 15 is 0 Å². The van der Waals surface area contributed by atoms with Crippen LogP contribution in [0.1, 0.15) is 5.56 Å². The van der Waals surface area contributed by atoms with E-state index in [4.69, 9.17) is 0 Å². The van der Waals surface area contributed by atoms with Crippen LogP contribution in [-0.2, 0) is 0 Å². The van der Waals surface area contributed by atoms with Crippen molar-refractivity contribution in [3.8, 4) is 5.75 Å². The lowest BCUT2D eigenvalue weighted by Gasteiger charge is -2.08. The average molecular weight is 208 g/mol. The zero-order chi connectivity index (χ0) is 10.7. The van der Waals surface area contributed by atoms with Crippen molar-refractivity contribution in [2.24, 2.45) is 0 Å². The molecule has 0 aliphatic rings. The van der Waals surface area contributed by atoms with Gasteiger partial charge in [0, 0.05) is 17.7 Å². The highest BCUT2D eigenvalue weighted by molar-refractivity contribution is 5.34. The molecule has 78 valence electrons.